The van der Waals surface area contributed by atoms with Gasteiger partial charge in [-0.15, -0.1) is 0 Å². The monoisotopic (exact) mass is 352 g/mol. The van der Waals surface area contributed by atoms with Crippen molar-refractivity contribution in [1.82, 2.24) is 9.55 Å². The van der Waals surface area contributed by atoms with Gasteiger partial charge in [-0.3, -0.25) is 14.3 Å². The molecule has 1 aliphatic rings. The highest BCUT2D eigenvalue weighted by atomic mass is 32.2. The van der Waals surface area contributed by atoms with Gasteiger partial charge in [-0.2, -0.15) is 0 Å². The molecule has 2 heterocycles. The van der Waals surface area contributed by atoms with Crippen molar-refractivity contribution in [2.24, 2.45) is 0 Å². The van der Waals surface area contributed by atoms with Crippen molar-refractivity contribution in [2.75, 3.05) is 6.61 Å². The van der Waals surface area contributed by atoms with Crippen molar-refractivity contribution < 1.29 is 20.1 Å². The third-order valence-corrected chi connectivity index (χ3v) is 4.72. The molecule has 4 N–H and O–H groups in total. The first-order valence-corrected chi connectivity index (χ1v) is 8.03. The predicted octanol–water partition coefficient (Wildman–Crippen LogP) is -0.701. The van der Waals surface area contributed by atoms with Crippen LogP contribution in [0.5, 0.6) is 0 Å². The van der Waals surface area contributed by atoms with Crippen LogP contribution in [0.4, 0.5) is 0 Å². The fourth-order valence-corrected chi connectivity index (χ4v) is 3.31. The van der Waals surface area contributed by atoms with E-state index < -0.39 is 42.4 Å². The predicted molar refractivity (Wildman–Crippen MR) is 84.9 cm³/mol. The number of aromatic nitrogens is 2. The number of rotatable bonds is 4. The molecule has 3 rings (SSSR count). The van der Waals surface area contributed by atoms with Gasteiger partial charge in [0.15, 0.2) is 6.23 Å². The van der Waals surface area contributed by atoms with E-state index in [1.165, 1.54) is 6.20 Å². The van der Waals surface area contributed by atoms with E-state index in [1.54, 1.807) is 0 Å². The number of nitrogens with one attached hydrogen (secondary N) is 1. The maximum atomic E-state index is 12.0. The molecule has 9 heteroatoms. The summed E-state index contributed by atoms with van der Waals surface area (Å²) in [6, 6.07) is 9.10. The Bertz CT molecular complexity index is 821. The summed E-state index contributed by atoms with van der Waals surface area (Å²) < 4.78 is 6.34. The van der Waals surface area contributed by atoms with Crippen LogP contribution in [-0.4, -0.2) is 49.8 Å². The fourth-order valence-electron chi connectivity index (χ4n) is 2.45. The van der Waals surface area contributed by atoms with E-state index in [4.69, 9.17) is 9.84 Å². The minimum absolute atomic E-state index is 0.235. The molecule has 1 aromatic carbocycles. The van der Waals surface area contributed by atoms with Crippen LogP contribution in [-0.2, 0) is 4.74 Å². The molecular weight excluding hydrogens is 336 g/mol. The second-order valence-corrected chi connectivity index (χ2v) is 6.42. The number of aromatic amines is 1. The summed E-state index contributed by atoms with van der Waals surface area (Å²) in [6.07, 6.45) is -3.66. The van der Waals surface area contributed by atoms with Gasteiger partial charge in [0.1, 0.15) is 18.3 Å². The lowest BCUT2D eigenvalue weighted by Crippen LogP contribution is -2.38. The largest absolute Gasteiger partial charge is 0.394 e. The van der Waals surface area contributed by atoms with Gasteiger partial charge >= 0.3 is 5.69 Å². The topological polar surface area (TPSA) is 125 Å². The van der Waals surface area contributed by atoms with Crippen molar-refractivity contribution in [3.63, 3.8) is 0 Å². The maximum Gasteiger partial charge on any atom is 0.330 e. The van der Waals surface area contributed by atoms with Gasteiger partial charge < -0.3 is 20.1 Å². The quantitative estimate of drug-likeness (QED) is 0.573. The van der Waals surface area contributed by atoms with Gasteiger partial charge in [0.25, 0.3) is 5.56 Å². The molecule has 0 bridgehead atoms. The van der Waals surface area contributed by atoms with Gasteiger partial charge in [-0.25, -0.2) is 4.79 Å². The lowest BCUT2D eigenvalue weighted by Gasteiger charge is -2.17. The minimum Gasteiger partial charge on any atom is -0.394 e. The Hall–Kier alpha value is -1.91. The number of H-pyrrole nitrogens is 1. The average molecular weight is 352 g/mol. The van der Waals surface area contributed by atoms with Gasteiger partial charge in [0, 0.05) is 11.1 Å². The van der Waals surface area contributed by atoms with Gasteiger partial charge in [0.05, 0.1) is 11.5 Å². The van der Waals surface area contributed by atoms with Crippen LogP contribution in [0.25, 0.3) is 0 Å². The molecule has 2 aromatic rings. The summed E-state index contributed by atoms with van der Waals surface area (Å²) in [6.45, 7) is -0.502. The van der Waals surface area contributed by atoms with Crippen LogP contribution < -0.4 is 11.2 Å². The van der Waals surface area contributed by atoms with E-state index >= 15 is 0 Å². The van der Waals surface area contributed by atoms with Crippen LogP contribution in [0.1, 0.15) is 6.23 Å². The molecule has 4 atom stereocenters. The molecule has 8 nitrogen and oxygen atoms in total. The summed E-state index contributed by atoms with van der Waals surface area (Å²) >= 11 is 1.15. The van der Waals surface area contributed by atoms with E-state index in [0.717, 1.165) is 21.2 Å². The number of hydrogen-bond donors (Lipinski definition) is 4. The van der Waals surface area contributed by atoms with Crippen LogP contribution in [0.3, 0.4) is 0 Å². The summed E-state index contributed by atoms with van der Waals surface area (Å²) in [5, 5.41) is 29.0. The third kappa shape index (κ3) is 3.17. The minimum atomic E-state index is -1.40. The van der Waals surface area contributed by atoms with Crippen molar-refractivity contribution in [3.05, 3.63) is 57.4 Å². The third-order valence-electron chi connectivity index (χ3n) is 3.70. The number of aliphatic hydroxyl groups is 3. The van der Waals surface area contributed by atoms with Gasteiger partial charge in [0.2, 0.25) is 0 Å². The summed E-state index contributed by atoms with van der Waals surface area (Å²) in [7, 11) is 0. The number of ether oxygens (including phenoxy) is 1. The molecular formula is C15H16N2O6S. The van der Waals surface area contributed by atoms with Crippen molar-refractivity contribution in [3.8, 4) is 0 Å². The number of hydrogen-bond acceptors (Lipinski definition) is 7. The molecule has 1 saturated heterocycles. The Balaban J connectivity index is 1.96. The summed E-state index contributed by atoms with van der Waals surface area (Å²) in [5.41, 5.74) is -1.33. The van der Waals surface area contributed by atoms with Crippen molar-refractivity contribution in [2.45, 2.75) is 34.3 Å². The lowest BCUT2D eigenvalue weighted by molar-refractivity contribution is -0.0553. The molecule has 128 valence electrons. The molecule has 0 spiro atoms. The zero-order valence-corrected chi connectivity index (χ0v) is 13.2. The number of benzene rings is 1. The molecule has 0 aliphatic carbocycles. The normalized spacial score (nSPS) is 26.6. The highest BCUT2D eigenvalue weighted by Gasteiger charge is 2.43. The van der Waals surface area contributed by atoms with E-state index in [-0.39, 0.29) is 4.90 Å². The van der Waals surface area contributed by atoms with E-state index in [2.05, 4.69) is 4.98 Å². The first-order chi connectivity index (χ1) is 11.5. The summed E-state index contributed by atoms with van der Waals surface area (Å²) in [4.78, 5) is 27.2. The molecule has 0 radical (unpaired) electrons. The Labute approximate surface area is 140 Å². The van der Waals surface area contributed by atoms with Gasteiger partial charge in [-0.05, 0) is 12.1 Å². The van der Waals surface area contributed by atoms with Crippen LogP contribution in [0.15, 0.2) is 55.9 Å². The smallest absolute Gasteiger partial charge is 0.330 e. The Kier molecular flexibility index (Phi) is 4.88. The summed E-state index contributed by atoms with van der Waals surface area (Å²) in [5.74, 6) is 0. The second kappa shape index (κ2) is 6.91. The number of aliphatic hydroxyl groups excluding tert-OH is 3. The molecule has 1 fully saturated rings. The molecule has 0 saturated carbocycles. The molecule has 24 heavy (non-hydrogen) atoms. The van der Waals surface area contributed by atoms with Crippen LogP contribution in [0, 0.1) is 0 Å². The zero-order chi connectivity index (χ0) is 17.3. The molecule has 1 aliphatic heterocycles. The van der Waals surface area contributed by atoms with E-state index in [0.29, 0.717) is 0 Å². The highest BCUT2D eigenvalue weighted by Crippen LogP contribution is 2.29. The van der Waals surface area contributed by atoms with Crippen LogP contribution in [0.2, 0.25) is 0 Å². The Morgan fingerprint density at radius 1 is 1.17 bits per heavy atom. The molecule has 1 aromatic heterocycles. The molecule has 0 amide bonds. The lowest BCUT2D eigenvalue weighted by atomic mass is 10.1. The SMILES string of the molecule is O=c1[nH]c(=O)n([C@@H]2O[C@H](CO)[C@@H](O)[C@H]2O)cc1Sc1ccccc1. The van der Waals surface area contributed by atoms with E-state index in [1.807, 2.05) is 30.3 Å². The first-order valence-electron chi connectivity index (χ1n) is 7.22. The van der Waals surface area contributed by atoms with Crippen molar-refractivity contribution >= 4 is 11.8 Å². The average Bonchev–Trinajstić information content (AvgIpc) is 2.86. The first kappa shape index (κ1) is 16.9. The fraction of sp³-hybridized carbons (Fsp3) is 0.333. The van der Waals surface area contributed by atoms with Gasteiger partial charge in [-0.1, -0.05) is 30.0 Å². The molecule has 0 unspecified atom stereocenters. The van der Waals surface area contributed by atoms with Crippen LogP contribution >= 0.6 is 11.8 Å². The highest BCUT2D eigenvalue weighted by molar-refractivity contribution is 7.99. The zero-order valence-electron chi connectivity index (χ0n) is 12.4. The van der Waals surface area contributed by atoms with Crippen molar-refractivity contribution in [1.29, 1.82) is 0 Å². The number of nitrogens with zero attached hydrogens (tertiary/aromatic N) is 1. The maximum absolute atomic E-state index is 12.0. The standard InChI is InChI=1S/C15H16N2O6S/c18-7-9-11(19)12(20)14(23-9)17-6-10(13(21)16-15(17)22)24-8-4-2-1-3-5-8/h1-6,9,11-12,14,18-20H,7H2,(H,16,21,22)/t9-,11-,12-,14-/m1/s1. The van der Waals surface area contributed by atoms with E-state index in [9.17, 15) is 19.8 Å². The Morgan fingerprint density at radius 2 is 1.88 bits per heavy atom. The second-order valence-electron chi connectivity index (χ2n) is 5.30. The Morgan fingerprint density at radius 3 is 2.50 bits per heavy atom.